The summed E-state index contributed by atoms with van der Waals surface area (Å²) in [5.74, 6) is 0.631. The molecule has 19 heavy (non-hydrogen) atoms. The van der Waals surface area contributed by atoms with Crippen molar-refractivity contribution in [2.45, 2.75) is 44.7 Å². The van der Waals surface area contributed by atoms with E-state index < -0.39 is 0 Å². The van der Waals surface area contributed by atoms with Crippen LogP contribution in [0.15, 0.2) is 24.3 Å². The highest BCUT2D eigenvalue weighted by Gasteiger charge is 2.27. The molecule has 3 heteroatoms. The third-order valence-electron chi connectivity index (χ3n) is 4.33. The van der Waals surface area contributed by atoms with Crippen LogP contribution in [-0.2, 0) is 0 Å². The molecule has 2 nitrogen and oxygen atoms in total. The molecule has 2 atom stereocenters. The van der Waals surface area contributed by atoms with Crippen LogP contribution in [0.1, 0.15) is 44.2 Å². The van der Waals surface area contributed by atoms with E-state index in [-0.39, 0.29) is 17.9 Å². The van der Waals surface area contributed by atoms with Crippen LogP contribution >= 0.6 is 0 Å². The molecule has 2 rings (SSSR count). The van der Waals surface area contributed by atoms with Crippen molar-refractivity contribution >= 4 is 0 Å². The average molecular weight is 264 g/mol. The zero-order valence-corrected chi connectivity index (χ0v) is 12.0. The van der Waals surface area contributed by atoms with E-state index in [4.69, 9.17) is 5.73 Å². The van der Waals surface area contributed by atoms with Crippen LogP contribution in [0.2, 0.25) is 0 Å². The van der Waals surface area contributed by atoms with Crippen LogP contribution in [-0.4, -0.2) is 24.5 Å². The Hall–Kier alpha value is -0.930. The molecule has 106 valence electrons. The molecule has 2 N–H and O–H groups in total. The van der Waals surface area contributed by atoms with Crippen LogP contribution in [0.4, 0.5) is 4.39 Å². The lowest BCUT2D eigenvalue weighted by atomic mass is 9.84. The summed E-state index contributed by atoms with van der Waals surface area (Å²) in [4.78, 5) is 2.35. The van der Waals surface area contributed by atoms with Crippen LogP contribution in [0.5, 0.6) is 0 Å². The van der Waals surface area contributed by atoms with Gasteiger partial charge in [0.2, 0.25) is 0 Å². The highest BCUT2D eigenvalue weighted by Crippen LogP contribution is 2.31. The lowest BCUT2D eigenvalue weighted by molar-refractivity contribution is 0.144. The molecule has 0 radical (unpaired) electrons. The van der Waals surface area contributed by atoms with Crippen molar-refractivity contribution in [1.82, 2.24) is 4.90 Å². The van der Waals surface area contributed by atoms with Gasteiger partial charge in [-0.2, -0.15) is 0 Å². The fourth-order valence-electron chi connectivity index (χ4n) is 2.91. The highest BCUT2D eigenvalue weighted by molar-refractivity contribution is 5.21. The maximum Gasteiger partial charge on any atom is 0.123 e. The lowest BCUT2D eigenvalue weighted by Gasteiger charge is -2.37. The van der Waals surface area contributed by atoms with Crippen LogP contribution in [0, 0.1) is 11.7 Å². The second kappa shape index (κ2) is 6.49. The maximum absolute atomic E-state index is 13.1. The van der Waals surface area contributed by atoms with E-state index in [2.05, 4.69) is 18.9 Å². The van der Waals surface area contributed by atoms with Gasteiger partial charge in [0.1, 0.15) is 5.82 Å². The van der Waals surface area contributed by atoms with Gasteiger partial charge in [-0.3, -0.25) is 4.90 Å². The van der Waals surface area contributed by atoms with Gasteiger partial charge >= 0.3 is 0 Å². The summed E-state index contributed by atoms with van der Waals surface area (Å²) in [6.07, 6.45) is 4.96. The van der Waals surface area contributed by atoms with Crippen molar-refractivity contribution < 1.29 is 4.39 Å². The molecule has 0 spiro atoms. The molecule has 1 aliphatic carbocycles. The molecule has 1 fully saturated rings. The summed E-state index contributed by atoms with van der Waals surface area (Å²) in [6, 6.07) is 7.07. The topological polar surface area (TPSA) is 29.3 Å². The Morgan fingerprint density at radius 1 is 1.32 bits per heavy atom. The number of rotatable bonds is 6. The molecule has 0 aromatic heterocycles. The summed E-state index contributed by atoms with van der Waals surface area (Å²) in [7, 11) is 2.14. The van der Waals surface area contributed by atoms with Crippen molar-refractivity contribution in [2.24, 2.45) is 11.7 Å². The third-order valence-corrected chi connectivity index (χ3v) is 4.33. The van der Waals surface area contributed by atoms with E-state index in [9.17, 15) is 4.39 Å². The van der Waals surface area contributed by atoms with Crippen molar-refractivity contribution in [3.63, 3.8) is 0 Å². The highest BCUT2D eigenvalue weighted by atomic mass is 19.1. The number of likely N-dealkylation sites (N-methyl/N-ethyl adjacent to an activating group) is 1. The minimum absolute atomic E-state index is 0.0931. The maximum atomic E-state index is 13.1. The molecule has 0 aliphatic heterocycles. The Morgan fingerprint density at radius 3 is 2.42 bits per heavy atom. The molecule has 1 aromatic rings. The van der Waals surface area contributed by atoms with Gasteiger partial charge in [0, 0.05) is 18.6 Å². The van der Waals surface area contributed by atoms with E-state index in [0.717, 1.165) is 24.4 Å². The van der Waals surface area contributed by atoms with Crippen molar-refractivity contribution in [2.75, 3.05) is 13.6 Å². The molecule has 0 bridgehead atoms. The number of hydrogen-bond acceptors (Lipinski definition) is 2. The van der Waals surface area contributed by atoms with Gasteiger partial charge < -0.3 is 5.73 Å². The molecule has 1 saturated carbocycles. The smallest absolute Gasteiger partial charge is 0.123 e. The van der Waals surface area contributed by atoms with E-state index in [0.29, 0.717) is 0 Å². The molecule has 1 aliphatic rings. The van der Waals surface area contributed by atoms with Gasteiger partial charge in [0.15, 0.2) is 0 Å². The molecule has 1 aromatic carbocycles. The van der Waals surface area contributed by atoms with Crippen molar-refractivity contribution in [1.29, 1.82) is 0 Å². The summed E-state index contributed by atoms with van der Waals surface area (Å²) in [6.45, 7) is 3.20. The van der Waals surface area contributed by atoms with Crippen LogP contribution < -0.4 is 5.73 Å². The summed E-state index contributed by atoms with van der Waals surface area (Å²) < 4.78 is 13.1. The first kappa shape index (κ1) is 14.5. The van der Waals surface area contributed by atoms with Crippen LogP contribution in [0.25, 0.3) is 0 Å². The van der Waals surface area contributed by atoms with E-state index in [1.807, 2.05) is 12.1 Å². The molecule has 0 heterocycles. The second-order valence-electron chi connectivity index (χ2n) is 5.80. The minimum atomic E-state index is -0.186. The van der Waals surface area contributed by atoms with Gasteiger partial charge in [0.25, 0.3) is 0 Å². The fourth-order valence-corrected chi connectivity index (χ4v) is 2.91. The van der Waals surface area contributed by atoms with E-state index in [1.54, 1.807) is 0 Å². The predicted molar refractivity (Wildman–Crippen MR) is 77.4 cm³/mol. The summed E-state index contributed by atoms with van der Waals surface area (Å²) in [5.41, 5.74) is 7.41. The molecular weight excluding hydrogens is 239 g/mol. The number of benzene rings is 1. The Morgan fingerprint density at radius 2 is 1.95 bits per heavy atom. The van der Waals surface area contributed by atoms with E-state index >= 15 is 0 Å². The Kier molecular flexibility index (Phi) is 4.94. The standard InChI is InChI=1S/C16H25FN2/c1-3-15(18)16(13-7-9-14(17)10-8-13)19(2)11-12-5-4-6-12/h7-10,12,15-16H,3-6,11,18H2,1-2H3. The molecule has 0 amide bonds. The SMILES string of the molecule is CCC(N)C(c1ccc(F)cc1)N(C)CC1CCC1. The average Bonchev–Trinajstić information content (AvgIpc) is 2.36. The van der Waals surface area contributed by atoms with Gasteiger partial charge in [-0.25, -0.2) is 4.39 Å². The minimum Gasteiger partial charge on any atom is -0.326 e. The van der Waals surface area contributed by atoms with Crippen molar-refractivity contribution in [3.05, 3.63) is 35.6 Å². The Balaban J connectivity index is 2.11. The van der Waals surface area contributed by atoms with Gasteiger partial charge in [-0.1, -0.05) is 25.5 Å². The molecular formula is C16H25FN2. The lowest BCUT2D eigenvalue weighted by Crippen LogP contribution is -2.41. The monoisotopic (exact) mass is 264 g/mol. The first-order valence-corrected chi connectivity index (χ1v) is 7.33. The zero-order valence-electron chi connectivity index (χ0n) is 12.0. The van der Waals surface area contributed by atoms with E-state index in [1.165, 1.54) is 31.4 Å². The zero-order chi connectivity index (χ0) is 13.8. The van der Waals surface area contributed by atoms with Crippen LogP contribution in [0.3, 0.4) is 0 Å². The summed E-state index contributed by atoms with van der Waals surface area (Å²) in [5, 5.41) is 0. The Bertz CT molecular complexity index is 386. The molecule has 2 unspecified atom stereocenters. The van der Waals surface area contributed by atoms with Gasteiger partial charge in [-0.05, 0) is 49.9 Å². The largest absolute Gasteiger partial charge is 0.326 e. The predicted octanol–water partition coefficient (Wildman–Crippen LogP) is 3.34. The first-order valence-electron chi connectivity index (χ1n) is 7.33. The number of nitrogens with zero attached hydrogens (tertiary/aromatic N) is 1. The molecule has 0 saturated heterocycles. The first-order chi connectivity index (χ1) is 9.11. The number of halogens is 1. The summed E-state index contributed by atoms with van der Waals surface area (Å²) >= 11 is 0. The van der Waals surface area contributed by atoms with Gasteiger partial charge in [0.05, 0.1) is 0 Å². The third kappa shape index (κ3) is 3.54. The quantitative estimate of drug-likeness (QED) is 0.854. The number of hydrogen-bond donors (Lipinski definition) is 1. The fraction of sp³-hybridized carbons (Fsp3) is 0.625. The Labute approximate surface area is 115 Å². The second-order valence-corrected chi connectivity index (χ2v) is 5.80. The number of nitrogens with two attached hydrogens (primary N) is 1. The van der Waals surface area contributed by atoms with Crippen molar-refractivity contribution in [3.8, 4) is 0 Å². The normalized spacial score (nSPS) is 19.2. The van der Waals surface area contributed by atoms with Gasteiger partial charge in [-0.15, -0.1) is 0 Å².